The summed E-state index contributed by atoms with van der Waals surface area (Å²) in [6.07, 6.45) is 0.519. The molecule has 5 rings (SSSR count). The second-order valence-electron chi connectivity index (χ2n) is 8.18. The van der Waals surface area contributed by atoms with Crippen molar-refractivity contribution in [3.05, 3.63) is 59.7 Å². The highest BCUT2D eigenvalue weighted by atomic mass is 16.7. The maximum Gasteiger partial charge on any atom is 0.325 e. The molecule has 3 aliphatic heterocycles. The molecule has 31 heavy (non-hydrogen) atoms. The minimum absolute atomic E-state index is 0.142. The number of hydrogen-bond donors (Lipinski definition) is 1. The number of nitrogens with one attached hydrogen (secondary N) is 1. The van der Waals surface area contributed by atoms with E-state index in [1.807, 2.05) is 42.5 Å². The number of nitrogens with zero attached hydrogens (tertiary/aromatic N) is 3. The highest BCUT2D eigenvalue weighted by molar-refractivity contribution is 6.04. The van der Waals surface area contributed by atoms with Gasteiger partial charge in [0.2, 0.25) is 6.79 Å². The molecule has 2 aromatic rings. The fraction of sp³-hybridized carbons (Fsp3) is 0.391. The molecule has 3 amide bonds. The van der Waals surface area contributed by atoms with Gasteiger partial charge in [-0.2, -0.15) is 0 Å². The van der Waals surface area contributed by atoms with E-state index in [-0.39, 0.29) is 18.7 Å². The predicted octanol–water partition coefficient (Wildman–Crippen LogP) is 1.65. The van der Waals surface area contributed by atoms with Crippen LogP contribution in [0.1, 0.15) is 11.1 Å². The molecule has 2 aromatic carbocycles. The molecule has 0 aromatic heterocycles. The summed E-state index contributed by atoms with van der Waals surface area (Å²) >= 11 is 0. The summed E-state index contributed by atoms with van der Waals surface area (Å²) in [7, 11) is 0. The van der Waals surface area contributed by atoms with Crippen molar-refractivity contribution in [2.75, 3.05) is 39.6 Å². The van der Waals surface area contributed by atoms with Crippen molar-refractivity contribution in [2.24, 2.45) is 0 Å². The van der Waals surface area contributed by atoms with E-state index in [0.29, 0.717) is 13.1 Å². The molecule has 0 saturated carbocycles. The predicted molar refractivity (Wildman–Crippen MR) is 114 cm³/mol. The zero-order valence-corrected chi connectivity index (χ0v) is 17.3. The number of benzene rings is 2. The van der Waals surface area contributed by atoms with Gasteiger partial charge in [0.15, 0.2) is 11.5 Å². The van der Waals surface area contributed by atoms with Crippen molar-refractivity contribution in [3.8, 4) is 11.5 Å². The SMILES string of the molecule is O=C1N[C@@H](Cc2ccccc2)C(=O)N1CN1CCN(Cc2ccc3c(c2)OCO3)CC1. The van der Waals surface area contributed by atoms with Gasteiger partial charge in [0.1, 0.15) is 6.04 Å². The van der Waals surface area contributed by atoms with Crippen LogP contribution < -0.4 is 14.8 Å². The van der Waals surface area contributed by atoms with E-state index in [0.717, 1.165) is 49.8 Å². The van der Waals surface area contributed by atoms with E-state index in [1.165, 1.54) is 10.5 Å². The first-order valence-electron chi connectivity index (χ1n) is 10.6. The number of piperazine rings is 1. The first-order chi connectivity index (χ1) is 15.2. The Hall–Kier alpha value is -3.10. The Morgan fingerprint density at radius 1 is 0.871 bits per heavy atom. The molecule has 0 unspecified atom stereocenters. The lowest BCUT2D eigenvalue weighted by atomic mass is 10.1. The van der Waals surface area contributed by atoms with Gasteiger partial charge in [-0.15, -0.1) is 0 Å². The smallest absolute Gasteiger partial charge is 0.325 e. The highest BCUT2D eigenvalue weighted by Gasteiger charge is 2.39. The summed E-state index contributed by atoms with van der Waals surface area (Å²) in [4.78, 5) is 31.1. The Kier molecular flexibility index (Phi) is 5.48. The number of imide groups is 1. The van der Waals surface area contributed by atoms with Crippen LogP contribution >= 0.6 is 0 Å². The van der Waals surface area contributed by atoms with Gasteiger partial charge in [-0.25, -0.2) is 9.69 Å². The van der Waals surface area contributed by atoms with Gasteiger partial charge in [-0.1, -0.05) is 36.4 Å². The number of ether oxygens (including phenoxy) is 2. The zero-order chi connectivity index (χ0) is 21.2. The number of amides is 3. The lowest BCUT2D eigenvalue weighted by Crippen LogP contribution is -2.51. The highest BCUT2D eigenvalue weighted by Crippen LogP contribution is 2.32. The largest absolute Gasteiger partial charge is 0.454 e. The topological polar surface area (TPSA) is 74.4 Å². The van der Waals surface area contributed by atoms with Crippen molar-refractivity contribution >= 4 is 11.9 Å². The third-order valence-corrected chi connectivity index (χ3v) is 6.04. The molecule has 2 fully saturated rings. The van der Waals surface area contributed by atoms with Crippen molar-refractivity contribution in [3.63, 3.8) is 0 Å². The van der Waals surface area contributed by atoms with E-state index >= 15 is 0 Å². The number of urea groups is 1. The van der Waals surface area contributed by atoms with Crippen molar-refractivity contribution < 1.29 is 19.1 Å². The lowest BCUT2D eigenvalue weighted by Gasteiger charge is -2.36. The summed E-state index contributed by atoms with van der Waals surface area (Å²) in [5.41, 5.74) is 2.23. The van der Waals surface area contributed by atoms with Crippen molar-refractivity contribution in [2.45, 2.75) is 19.0 Å². The number of hydrogen-bond acceptors (Lipinski definition) is 6. The molecule has 2 saturated heterocycles. The van der Waals surface area contributed by atoms with E-state index in [4.69, 9.17) is 9.47 Å². The Labute approximate surface area is 181 Å². The fourth-order valence-corrected chi connectivity index (χ4v) is 4.29. The molecule has 162 valence electrons. The molecule has 3 heterocycles. The molecule has 8 heteroatoms. The van der Waals surface area contributed by atoms with E-state index < -0.39 is 6.04 Å². The summed E-state index contributed by atoms with van der Waals surface area (Å²) < 4.78 is 10.8. The molecular weight excluding hydrogens is 396 g/mol. The Morgan fingerprint density at radius 2 is 1.61 bits per heavy atom. The number of carbonyl (C=O) groups excluding carboxylic acids is 2. The molecule has 1 N–H and O–H groups in total. The van der Waals surface area contributed by atoms with E-state index in [1.54, 1.807) is 0 Å². The quantitative estimate of drug-likeness (QED) is 0.714. The van der Waals surface area contributed by atoms with Gasteiger partial charge in [0.25, 0.3) is 5.91 Å². The summed E-state index contributed by atoms with van der Waals surface area (Å²) in [6.45, 7) is 4.85. The standard InChI is InChI=1S/C23H26N4O4/c28-22-19(12-17-4-2-1-3-5-17)24-23(29)27(22)15-26-10-8-25(9-11-26)14-18-6-7-20-21(13-18)31-16-30-20/h1-7,13,19H,8-12,14-16H2,(H,24,29)/t19-/m0/s1. The number of rotatable bonds is 6. The fourth-order valence-electron chi connectivity index (χ4n) is 4.29. The molecular formula is C23H26N4O4. The van der Waals surface area contributed by atoms with Crippen molar-refractivity contribution in [1.82, 2.24) is 20.0 Å². The van der Waals surface area contributed by atoms with Gasteiger partial charge in [-0.3, -0.25) is 14.6 Å². The van der Waals surface area contributed by atoms with Crippen LogP contribution in [0.5, 0.6) is 11.5 Å². The van der Waals surface area contributed by atoms with Crippen LogP contribution in [0.25, 0.3) is 0 Å². The van der Waals surface area contributed by atoms with Crippen LogP contribution in [0.4, 0.5) is 4.79 Å². The van der Waals surface area contributed by atoms with Crippen LogP contribution in [0.2, 0.25) is 0 Å². The molecule has 8 nitrogen and oxygen atoms in total. The van der Waals surface area contributed by atoms with Gasteiger partial charge >= 0.3 is 6.03 Å². The average molecular weight is 422 g/mol. The molecule has 0 spiro atoms. The zero-order valence-electron chi connectivity index (χ0n) is 17.3. The van der Waals surface area contributed by atoms with Crippen LogP contribution in [0, 0.1) is 0 Å². The maximum absolute atomic E-state index is 12.8. The number of fused-ring (bicyclic) bond motifs is 1. The maximum atomic E-state index is 12.8. The van der Waals surface area contributed by atoms with Gasteiger partial charge in [-0.05, 0) is 23.3 Å². The Balaban J connectivity index is 1.12. The third-order valence-electron chi connectivity index (χ3n) is 6.04. The van der Waals surface area contributed by atoms with Crippen LogP contribution in [-0.2, 0) is 17.8 Å². The second kappa shape index (κ2) is 8.56. The van der Waals surface area contributed by atoms with Gasteiger partial charge < -0.3 is 14.8 Å². The number of carbonyl (C=O) groups is 2. The molecule has 0 bridgehead atoms. The van der Waals surface area contributed by atoms with Crippen LogP contribution in [0.3, 0.4) is 0 Å². The summed E-state index contributed by atoms with van der Waals surface area (Å²) in [5.74, 6) is 1.46. The van der Waals surface area contributed by atoms with Gasteiger partial charge in [0, 0.05) is 39.1 Å². The Morgan fingerprint density at radius 3 is 2.42 bits per heavy atom. The summed E-state index contributed by atoms with van der Waals surface area (Å²) in [5, 5.41) is 2.83. The third kappa shape index (κ3) is 4.35. The molecule has 0 radical (unpaired) electrons. The minimum atomic E-state index is -0.484. The summed E-state index contributed by atoms with van der Waals surface area (Å²) in [6, 6.07) is 15.1. The van der Waals surface area contributed by atoms with Crippen molar-refractivity contribution in [1.29, 1.82) is 0 Å². The molecule has 0 aliphatic carbocycles. The molecule has 3 aliphatic rings. The van der Waals surface area contributed by atoms with Crippen LogP contribution in [0.15, 0.2) is 48.5 Å². The normalized spacial score (nSPS) is 21.5. The average Bonchev–Trinajstić information content (AvgIpc) is 3.35. The minimum Gasteiger partial charge on any atom is -0.454 e. The lowest BCUT2D eigenvalue weighted by molar-refractivity contribution is -0.129. The first-order valence-corrected chi connectivity index (χ1v) is 10.6. The second-order valence-corrected chi connectivity index (χ2v) is 8.18. The van der Waals surface area contributed by atoms with E-state index in [9.17, 15) is 9.59 Å². The first kappa shape index (κ1) is 19.8. The van der Waals surface area contributed by atoms with Gasteiger partial charge in [0.05, 0.1) is 6.67 Å². The van der Waals surface area contributed by atoms with Crippen LogP contribution in [-0.4, -0.2) is 72.3 Å². The Bertz CT molecular complexity index is 959. The monoisotopic (exact) mass is 422 g/mol. The van der Waals surface area contributed by atoms with E-state index in [2.05, 4.69) is 21.2 Å². The molecule has 1 atom stereocenters.